The van der Waals surface area contributed by atoms with Gasteiger partial charge in [-0.25, -0.2) is 0 Å². The third-order valence-electron chi connectivity index (χ3n) is 5.06. The Morgan fingerprint density at radius 2 is 1.62 bits per heavy atom. The SMILES string of the molecule is CC(C)[Si](C#CCC1CC(C)(C)C(=O)O1)(C(C)C)C(C)C. The largest absolute Gasteiger partial charge is 0.461 e. The molecule has 0 N–H and O–H groups in total. The summed E-state index contributed by atoms with van der Waals surface area (Å²) in [6.45, 7) is 17.8. The van der Waals surface area contributed by atoms with Crippen LogP contribution in [0.15, 0.2) is 0 Å². The Balaban J connectivity index is 2.86. The molecule has 0 aromatic rings. The summed E-state index contributed by atoms with van der Waals surface area (Å²) in [5, 5.41) is 0. The minimum absolute atomic E-state index is 0.0156. The van der Waals surface area contributed by atoms with Gasteiger partial charge in [-0.15, -0.1) is 11.5 Å². The lowest BCUT2D eigenvalue weighted by molar-refractivity contribution is -0.147. The summed E-state index contributed by atoms with van der Waals surface area (Å²) in [4.78, 5) is 11.7. The number of cyclic esters (lactones) is 1. The van der Waals surface area contributed by atoms with Gasteiger partial charge < -0.3 is 4.74 Å². The fraction of sp³-hybridized carbons (Fsp3) is 0.833. The molecule has 21 heavy (non-hydrogen) atoms. The molecule has 1 fully saturated rings. The predicted octanol–water partition coefficient (Wildman–Crippen LogP) is 4.94. The van der Waals surface area contributed by atoms with Crippen molar-refractivity contribution in [2.75, 3.05) is 0 Å². The quantitative estimate of drug-likeness (QED) is 0.418. The van der Waals surface area contributed by atoms with E-state index >= 15 is 0 Å². The molecule has 0 spiro atoms. The standard InChI is InChI=1S/C18H32O2Si/c1-13(2)21(14(3)4,15(5)6)11-9-10-16-12-18(7,8)17(19)20-16/h13-16H,10,12H2,1-8H3. The van der Waals surface area contributed by atoms with E-state index in [1.165, 1.54) is 0 Å². The summed E-state index contributed by atoms with van der Waals surface area (Å²) in [5.74, 6) is 3.33. The Labute approximate surface area is 132 Å². The highest BCUT2D eigenvalue weighted by Gasteiger charge is 2.43. The van der Waals surface area contributed by atoms with Gasteiger partial charge in [0.1, 0.15) is 14.2 Å². The molecule has 0 aliphatic carbocycles. The first-order valence-electron chi connectivity index (χ1n) is 8.25. The third-order valence-corrected chi connectivity index (χ3v) is 11.4. The van der Waals surface area contributed by atoms with Crippen LogP contribution in [0.3, 0.4) is 0 Å². The molecule has 0 aromatic carbocycles. The average molecular weight is 309 g/mol. The Hall–Kier alpha value is -0.753. The van der Waals surface area contributed by atoms with Crippen LogP contribution in [0.5, 0.6) is 0 Å². The zero-order valence-electron chi connectivity index (χ0n) is 15.0. The highest BCUT2D eigenvalue weighted by atomic mass is 28.3. The summed E-state index contributed by atoms with van der Waals surface area (Å²) in [6, 6.07) is 0. The second kappa shape index (κ2) is 6.56. The monoisotopic (exact) mass is 308 g/mol. The average Bonchev–Trinajstić information content (AvgIpc) is 2.57. The van der Waals surface area contributed by atoms with E-state index in [0.29, 0.717) is 23.0 Å². The van der Waals surface area contributed by atoms with Crippen LogP contribution < -0.4 is 0 Å². The van der Waals surface area contributed by atoms with Gasteiger partial charge in [-0.3, -0.25) is 4.79 Å². The molecule has 1 rings (SSSR count). The van der Waals surface area contributed by atoms with Crippen molar-refractivity contribution in [3.05, 3.63) is 0 Å². The number of rotatable bonds is 4. The number of hydrogen-bond acceptors (Lipinski definition) is 2. The van der Waals surface area contributed by atoms with Gasteiger partial charge in [0.25, 0.3) is 0 Å². The van der Waals surface area contributed by atoms with E-state index in [0.717, 1.165) is 6.42 Å². The van der Waals surface area contributed by atoms with Gasteiger partial charge in [-0.05, 0) is 30.5 Å². The zero-order chi connectivity index (χ0) is 16.4. The van der Waals surface area contributed by atoms with Crippen molar-refractivity contribution in [2.45, 2.75) is 91.0 Å². The third kappa shape index (κ3) is 3.72. The van der Waals surface area contributed by atoms with Crippen molar-refractivity contribution in [1.82, 2.24) is 0 Å². The second-order valence-electron chi connectivity index (χ2n) is 8.02. The molecule has 1 heterocycles. The molecular weight excluding hydrogens is 276 g/mol. The zero-order valence-corrected chi connectivity index (χ0v) is 16.0. The molecular formula is C18H32O2Si. The van der Waals surface area contributed by atoms with Gasteiger partial charge >= 0.3 is 5.97 Å². The number of carbonyl (C=O) groups is 1. The molecule has 1 unspecified atom stereocenters. The van der Waals surface area contributed by atoms with Crippen LogP contribution in [-0.2, 0) is 9.53 Å². The summed E-state index contributed by atoms with van der Waals surface area (Å²) in [7, 11) is -1.65. The predicted molar refractivity (Wildman–Crippen MR) is 91.7 cm³/mol. The van der Waals surface area contributed by atoms with Crippen molar-refractivity contribution in [3.63, 3.8) is 0 Å². The molecule has 0 saturated carbocycles. The van der Waals surface area contributed by atoms with Crippen molar-refractivity contribution in [3.8, 4) is 11.5 Å². The summed E-state index contributed by atoms with van der Waals surface area (Å²) in [5.41, 5.74) is 5.30. The van der Waals surface area contributed by atoms with Crippen molar-refractivity contribution >= 4 is 14.0 Å². The van der Waals surface area contributed by atoms with Gasteiger partial charge in [0.2, 0.25) is 0 Å². The molecule has 1 atom stereocenters. The maximum Gasteiger partial charge on any atom is 0.311 e. The molecule has 0 amide bonds. The number of ether oxygens (including phenoxy) is 1. The first-order chi connectivity index (χ1) is 9.54. The molecule has 0 radical (unpaired) electrons. The Kier molecular flexibility index (Phi) is 5.72. The maximum atomic E-state index is 11.7. The number of esters is 1. The van der Waals surface area contributed by atoms with E-state index in [9.17, 15) is 4.79 Å². The molecule has 3 heteroatoms. The Bertz CT molecular complexity index is 416. The van der Waals surface area contributed by atoms with Gasteiger partial charge in [-0.2, -0.15) is 0 Å². The lowest BCUT2D eigenvalue weighted by atomic mass is 9.89. The summed E-state index contributed by atoms with van der Waals surface area (Å²) < 4.78 is 5.45. The van der Waals surface area contributed by atoms with Crippen LogP contribution in [0.2, 0.25) is 16.6 Å². The summed E-state index contributed by atoms with van der Waals surface area (Å²) >= 11 is 0. The van der Waals surface area contributed by atoms with Crippen LogP contribution in [0, 0.1) is 16.9 Å². The van der Waals surface area contributed by atoms with E-state index in [4.69, 9.17) is 4.74 Å². The normalized spacial score (nSPS) is 21.7. The first kappa shape index (κ1) is 18.3. The first-order valence-corrected chi connectivity index (χ1v) is 10.5. The highest BCUT2D eigenvalue weighted by Crippen LogP contribution is 2.41. The number of hydrogen-bond donors (Lipinski definition) is 0. The molecule has 1 aliphatic rings. The second-order valence-corrected chi connectivity index (χ2v) is 13.6. The van der Waals surface area contributed by atoms with Crippen molar-refractivity contribution < 1.29 is 9.53 Å². The molecule has 0 bridgehead atoms. The van der Waals surface area contributed by atoms with Crippen LogP contribution in [-0.4, -0.2) is 20.1 Å². The van der Waals surface area contributed by atoms with E-state index in [2.05, 4.69) is 53.0 Å². The minimum atomic E-state index is -1.65. The lowest BCUT2D eigenvalue weighted by Crippen LogP contribution is -2.43. The Morgan fingerprint density at radius 1 is 1.14 bits per heavy atom. The topological polar surface area (TPSA) is 26.3 Å². The van der Waals surface area contributed by atoms with E-state index < -0.39 is 8.07 Å². The van der Waals surface area contributed by atoms with E-state index in [-0.39, 0.29) is 17.5 Å². The van der Waals surface area contributed by atoms with E-state index in [1.54, 1.807) is 0 Å². The summed E-state index contributed by atoms with van der Waals surface area (Å²) in [6.07, 6.45) is 1.47. The van der Waals surface area contributed by atoms with Crippen LogP contribution in [0.4, 0.5) is 0 Å². The van der Waals surface area contributed by atoms with Gasteiger partial charge in [0.15, 0.2) is 0 Å². The van der Waals surface area contributed by atoms with Gasteiger partial charge in [0.05, 0.1) is 5.41 Å². The molecule has 120 valence electrons. The van der Waals surface area contributed by atoms with Gasteiger partial charge in [0, 0.05) is 12.8 Å². The fourth-order valence-corrected chi connectivity index (χ4v) is 9.14. The maximum absolute atomic E-state index is 11.7. The highest BCUT2D eigenvalue weighted by molar-refractivity contribution is 6.90. The van der Waals surface area contributed by atoms with Gasteiger partial charge in [-0.1, -0.05) is 41.5 Å². The number of carbonyl (C=O) groups excluding carboxylic acids is 1. The van der Waals surface area contributed by atoms with Crippen molar-refractivity contribution in [1.29, 1.82) is 0 Å². The van der Waals surface area contributed by atoms with Crippen LogP contribution in [0.1, 0.15) is 68.2 Å². The molecule has 1 saturated heterocycles. The molecule has 0 aromatic heterocycles. The molecule has 1 aliphatic heterocycles. The minimum Gasteiger partial charge on any atom is -0.461 e. The smallest absolute Gasteiger partial charge is 0.311 e. The van der Waals surface area contributed by atoms with E-state index in [1.807, 2.05) is 13.8 Å². The molecule has 2 nitrogen and oxygen atoms in total. The lowest BCUT2D eigenvalue weighted by Gasteiger charge is -2.38. The van der Waals surface area contributed by atoms with Crippen LogP contribution >= 0.6 is 0 Å². The van der Waals surface area contributed by atoms with Crippen LogP contribution in [0.25, 0.3) is 0 Å². The fourth-order valence-electron chi connectivity index (χ4n) is 3.87. The Morgan fingerprint density at radius 3 is 1.95 bits per heavy atom. The van der Waals surface area contributed by atoms with Crippen molar-refractivity contribution in [2.24, 2.45) is 5.41 Å².